The summed E-state index contributed by atoms with van der Waals surface area (Å²) in [5, 5.41) is -0.669. The van der Waals surface area contributed by atoms with E-state index in [1.807, 2.05) is 0 Å². The van der Waals surface area contributed by atoms with Gasteiger partial charge in [-0.1, -0.05) is 23.2 Å². The van der Waals surface area contributed by atoms with Gasteiger partial charge >= 0.3 is 0 Å². The molecule has 0 bridgehead atoms. The van der Waals surface area contributed by atoms with Gasteiger partial charge in [0.2, 0.25) is 0 Å². The maximum atomic E-state index is 13.3. The van der Waals surface area contributed by atoms with Crippen molar-refractivity contribution in [2.75, 3.05) is 10.5 Å². The summed E-state index contributed by atoms with van der Waals surface area (Å²) >= 11 is 11.2. The lowest BCUT2D eigenvalue weighted by Gasteiger charge is -2.10. The highest BCUT2D eigenvalue weighted by Crippen LogP contribution is 2.29. The number of halogens is 4. The maximum Gasteiger partial charge on any atom is 0.261 e. The van der Waals surface area contributed by atoms with Crippen molar-refractivity contribution >= 4 is 44.6 Å². The number of sulfonamides is 1. The van der Waals surface area contributed by atoms with E-state index in [1.54, 1.807) is 0 Å². The number of hydrogen-bond acceptors (Lipinski definition) is 3. The first kappa shape index (κ1) is 15.8. The van der Waals surface area contributed by atoms with Crippen molar-refractivity contribution in [1.82, 2.24) is 0 Å². The summed E-state index contributed by atoms with van der Waals surface area (Å²) in [5.41, 5.74) is 4.97. The fraction of sp³-hybridized carbons (Fsp3) is 0. The first-order chi connectivity index (χ1) is 9.70. The van der Waals surface area contributed by atoms with Crippen LogP contribution in [0.5, 0.6) is 0 Å². The largest absolute Gasteiger partial charge is 0.396 e. The molecule has 0 aliphatic rings. The fourth-order valence-electron chi connectivity index (χ4n) is 1.52. The summed E-state index contributed by atoms with van der Waals surface area (Å²) in [4.78, 5) is -0.252. The van der Waals surface area contributed by atoms with Gasteiger partial charge in [0, 0.05) is 0 Å². The third-order valence-corrected chi connectivity index (χ3v) is 4.44. The lowest BCUT2D eigenvalue weighted by molar-refractivity contribution is 0.600. The van der Waals surface area contributed by atoms with E-state index in [2.05, 4.69) is 4.72 Å². The third kappa shape index (κ3) is 3.37. The normalized spacial score (nSPS) is 11.4. The quantitative estimate of drug-likeness (QED) is 0.654. The molecule has 0 heterocycles. The van der Waals surface area contributed by atoms with Crippen LogP contribution < -0.4 is 10.5 Å². The van der Waals surface area contributed by atoms with Gasteiger partial charge in [-0.25, -0.2) is 17.2 Å². The molecule has 0 radical (unpaired) electrons. The third-order valence-electron chi connectivity index (χ3n) is 2.51. The van der Waals surface area contributed by atoms with E-state index in [0.29, 0.717) is 0 Å². The zero-order valence-corrected chi connectivity index (χ0v) is 12.5. The highest BCUT2D eigenvalue weighted by Gasteiger charge is 2.17. The molecule has 0 aliphatic carbocycles. The molecule has 0 unspecified atom stereocenters. The molecule has 4 nitrogen and oxygen atoms in total. The van der Waals surface area contributed by atoms with E-state index >= 15 is 0 Å². The van der Waals surface area contributed by atoms with Crippen LogP contribution in [0, 0.1) is 11.6 Å². The number of hydrogen-bond donors (Lipinski definition) is 2. The molecule has 0 saturated heterocycles. The fourth-order valence-corrected chi connectivity index (χ4v) is 3.08. The SMILES string of the molecule is Nc1cc(S(=O)(=O)Nc2cc(Cl)c(F)c(Cl)c2)ccc1F. The maximum absolute atomic E-state index is 13.3. The molecule has 0 spiro atoms. The average molecular weight is 353 g/mol. The molecule has 2 aromatic carbocycles. The van der Waals surface area contributed by atoms with Gasteiger partial charge in [0.25, 0.3) is 10.0 Å². The molecule has 0 amide bonds. The van der Waals surface area contributed by atoms with Gasteiger partial charge < -0.3 is 5.73 Å². The van der Waals surface area contributed by atoms with Gasteiger partial charge in [-0.05, 0) is 30.3 Å². The van der Waals surface area contributed by atoms with Crippen LogP contribution in [0.4, 0.5) is 20.2 Å². The second-order valence-corrected chi connectivity index (χ2v) is 6.54. The molecule has 3 N–H and O–H groups in total. The molecule has 2 aromatic rings. The smallest absolute Gasteiger partial charge is 0.261 e. The van der Waals surface area contributed by atoms with Crippen LogP contribution >= 0.6 is 23.2 Å². The molecule has 112 valence electrons. The van der Waals surface area contributed by atoms with Crippen molar-refractivity contribution in [2.24, 2.45) is 0 Å². The molecular weight excluding hydrogens is 345 g/mol. The average Bonchev–Trinajstić information content (AvgIpc) is 2.38. The molecule has 0 aliphatic heterocycles. The molecule has 0 aromatic heterocycles. The van der Waals surface area contributed by atoms with Crippen LogP contribution in [0.15, 0.2) is 35.2 Å². The minimum atomic E-state index is -4.04. The highest BCUT2D eigenvalue weighted by atomic mass is 35.5. The van der Waals surface area contributed by atoms with Gasteiger partial charge in [0.1, 0.15) is 5.82 Å². The Hall–Kier alpha value is -1.57. The van der Waals surface area contributed by atoms with Crippen LogP contribution in [0.2, 0.25) is 10.0 Å². The first-order valence-corrected chi connectivity index (χ1v) is 7.67. The van der Waals surface area contributed by atoms with Crippen molar-refractivity contribution in [3.05, 3.63) is 52.0 Å². The Kier molecular flexibility index (Phi) is 4.27. The van der Waals surface area contributed by atoms with Crippen LogP contribution in [0.3, 0.4) is 0 Å². The van der Waals surface area contributed by atoms with E-state index in [4.69, 9.17) is 28.9 Å². The lowest BCUT2D eigenvalue weighted by Crippen LogP contribution is -2.13. The molecule has 0 atom stereocenters. The van der Waals surface area contributed by atoms with Gasteiger partial charge in [-0.2, -0.15) is 0 Å². The Morgan fingerprint density at radius 2 is 1.62 bits per heavy atom. The predicted molar refractivity (Wildman–Crippen MR) is 78.0 cm³/mol. The molecular formula is C12H8Cl2F2N2O2S. The van der Waals surface area contributed by atoms with Gasteiger partial charge in [0.15, 0.2) is 5.82 Å². The Morgan fingerprint density at radius 1 is 1.05 bits per heavy atom. The summed E-state index contributed by atoms with van der Waals surface area (Å²) in [6.07, 6.45) is 0. The van der Waals surface area contributed by atoms with Crippen molar-refractivity contribution in [2.45, 2.75) is 4.90 Å². The van der Waals surface area contributed by atoms with E-state index in [0.717, 1.165) is 30.3 Å². The summed E-state index contributed by atoms with van der Waals surface area (Å²) in [7, 11) is -4.04. The zero-order valence-electron chi connectivity index (χ0n) is 10.2. The Bertz CT molecular complexity index is 790. The lowest BCUT2D eigenvalue weighted by atomic mass is 10.3. The van der Waals surface area contributed by atoms with Crippen molar-refractivity contribution in [1.29, 1.82) is 0 Å². The zero-order chi connectivity index (χ0) is 15.8. The van der Waals surface area contributed by atoms with E-state index < -0.39 is 21.7 Å². The molecule has 9 heteroatoms. The topological polar surface area (TPSA) is 72.2 Å². The van der Waals surface area contributed by atoms with E-state index in [9.17, 15) is 17.2 Å². The summed E-state index contributed by atoms with van der Waals surface area (Å²) < 4.78 is 52.7. The predicted octanol–water partition coefficient (Wildman–Crippen LogP) is 3.65. The molecule has 2 rings (SSSR count). The Labute approximate surface area is 129 Å². The van der Waals surface area contributed by atoms with Crippen LogP contribution in [-0.4, -0.2) is 8.42 Å². The minimum Gasteiger partial charge on any atom is -0.396 e. The Morgan fingerprint density at radius 3 is 2.14 bits per heavy atom. The number of nitrogen functional groups attached to an aromatic ring is 1. The number of anilines is 2. The molecule has 0 fully saturated rings. The molecule has 0 saturated carbocycles. The monoisotopic (exact) mass is 352 g/mol. The van der Waals surface area contributed by atoms with E-state index in [1.165, 1.54) is 0 Å². The van der Waals surface area contributed by atoms with Crippen molar-refractivity contribution in [3.8, 4) is 0 Å². The number of nitrogens with two attached hydrogens (primary N) is 1. The van der Waals surface area contributed by atoms with Gasteiger partial charge in [0.05, 0.1) is 26.3 Å². The van der Waals surface area contributed by atoms with Crippen LogP contribution in [0.25, 0.3) is 0 Å². The van der Waals surface area contributed by atoms with Crippen molar-refractivity contribution < 1.29 is 17.2 Å². The number of benzene rings is 2. The summed E-state index contributed by atoms with van der Waals surface area (Å²) in [6, 6.07) is 5.06. The Balaban J connectivity index is 2.39. The van der Waals surface area contributed by atoms with Gasteiger partial charge in [-0.3, -0.25) is 4.72 Å². The highest BCUT2D eigenvalue weighted by molar-refractivity contribution is 7.92. The van der Waals surface area contributed by atoms with Crippen LogP contribution in [0.1, 0.15) is 0 Å². The minimum absolute atomic E-state index is 0.0331. The second-order valence-electron chi connectivity index (χ2n) is 4.04. The van der Waals surface area contributed by atoms with Gasteiger partial charge in [-0.15, -0.1) is 0 Å². The standard InChI is InChI=1S/C12H8Cl2F2N2O2S/c13-8-3-6(4-9(14)12(8)16)18-21(19,20)7-1-2-10(15)11(17)5-7/h1-5,18H,17H2. The summed E-state index contributed by atoms with van der Waals surface area (Å²) in [6.45, 7) is 0. The van der Waals surface area contributed by atoms with Crippen LogP contribution in [-0.2, 0) is 10.0 Å². The molecule has 21 heavy (non-hydrogen) atoms. The number of nitrogens with one attached hydrogen (secondary N) is 1. The second kappa shape index (κ2) is 5.67. The van der Waals surface area contributed by atoms with Crippen molar-refractivity contribution in [3.63, 3.8) is 0 Å². The van der Waals surface area contributed by atoms with E-state index in [-0.39, 0.29) is 26.3 Å². The first-order valence-electron chi connectivity index (χ1n) is 5.43. The summed E-state index contributed by atoms with van der Waals surface area (Å²) in [5.74, 6) is -1.59. The number of rotatable bonds is 3.